The summed E-state index contributed by atoms with van der Waals surface area (Å²) in [5, 5.41) is 9.39. The number of sulfonamides is 1. The van der Waals surface area contributed by atoms with Gasteiger partial charge in [-0.25, -0.2) is 13.1 Å². The molecule has 1 saturated carbocycles. The Morgan fingerprint density at radius 1 is 1.33 bits per heavy atom. The molecule has 2 rings (SSSR count). The number of hydrogen-bond donors (Lipinski definition) is 2. The number of aliphatic hydroxyl groups excluding tert-OH is 1. The Hall–Kier alpha value is -1.11. The van der Waals surface area contributed by atoms with Crippen molar-refractivity contribution < 1.29 is 18.3 Å². The van der Waals surface area contributed by atoms with E-state index < -0.39 is 10.0 Å². The minimum Gasteiger partial charge on any atom is -0.496 e. The Kier molecular flexibility index (Phi) is 5.24. The number of aryl methyl sites for hydroxylation is 1. The lowest BCUT2D eigenvalue weighted by atomic mass is 9.86. The van der Waals surface area contributed by atoms with Crippen LogP contribution in [0.4, 0.5) is 0 Å². The van der Waals surface area contributed by atoms with Crippen LogP contribution in [0.15, 0.2) is 23.1 Å². The molecule has 1 aliphatic carbocycles. The van der Waals surface area contributed by atoms with Gasteiger partial charge in [0.05, 0.1) is 12.0 Å². The van der Waals surface area contributed by atoms with Gasteiger partial charge in [0, 0.05) is 12.6 Å². The minimum atomic E-state index is -3.57. The van der Waals surface area contributed by atoms with Crippen LogP contribution in [-0.2, 0) is 10.0 Å². The molecule has 118 valence electrons. The van der Waals surface area contributed by atoms with Gasteiger partial charge in [0.2, 0.25) is 10.0 Å². The quantitative estimate of drug-likeness (QED) is 0.869. The summed E-state index contributed by atoms with van der Waals surface area (Å²) in [6.07, 6.45) is 3.68. The molecule has 0 radical (unpaired) electrons. The van der Waals surface area contributed by atoms with Crippen LogP contribution in [0, 0.1) is 12.8 Å². The second kappa shape index (κ2) is 6.77. The number of rotatable bonds is 5. The van der Waals surface area contributed by atoms with Crippen molar-refractivity contribution in [2.75, 3.05) is 13.7 Å². The zero-order chi connectivity index (χ0) is 15.5. The van der Waals surface area contributed by atoms with Crippen molar-refractivity contribution in [3.8, 4) is 5.75 Å². The highest BCUT2D eigenvalue weighted by molar-refractivity contribution is 7.89. The van der Waals surface area contributed by atoms with E-state index in [0.29, 0.717) is 5.75 Å². The van der Waals surface area contributed by atoms with E-state index in [1.807, 2.05) is 6.92 Å². The van der Waals surface area contributed by atoms with Crippen molar-refractivity contribution in [1.29, 1.82) is 0 Å². The monoisotopic (exact) mass is 313 g/mol. The van der Waals surface area contributed by atoms with Crippen molar-refractivity contribution in [3.63, 3.8) is 0 Å². The van der Waals surface area contributed by atoms with Crippen LogP contribution in [0.2, 0.25) is 0 Å². The van der Waals surface area contributed by atoms with Gasteiger partial charge in [-0.2, -0.15) is 0 Å². The molecule has 0 bridgehead atoms. The molecule has 2 unspecified atom stereocenters. The van der Waals surface area contributed by atoms with Gasteiger partial charge < -0.3 is 9.84 Å². The topological polar surface area (TPSA) is 75.6 Å². The van der Waals surface area contributed by atoms with Crippen LogP contribution in [0.25, 0.3) is 0 Å². The third-order valence-corrected chi connectivity index (χ3v) is 5.61. The molecule has 0 amide bonds. The number of ether oxygens (including phenoxy) is 1. The molecule has 1 aliphatic rings. The normalized spacial score (nSPS) is 23.0. The lowest BCUT2D eigenvalue weighted by molar-refractivity contribution is 0.164. The molecule has 6 heteroatoms. The van der Waals surface area contributed by atoms with Crippen LogP contribution >= 0.6 is 0 Å². The van der Waals surface area contributed by atoms with E-state index in [2.05, 4.69) is 4.72 Å². The average Bonchev–Trinajstić information content (AvgIpc) is 2.47. The van der Waals surface area contributed by atoms with E-state index in [-0.39, 0.29) is 23.5 Å². The van der Waals surface area contributed by atoms with Crippen LogP contribution in [0.3, 0.4) is 0 Å². The fourth-order valence-corrected chi connectivity index (χ4v) is 4.29. The summed E-state index contributed by atoms with van der Waals surface area (Å²) in [6, 6.07) is 4.63. The fourth-order valence-electron chi connectivity index (χ4n) is 2.87. The highest BCUT2D eigenvalue weighted by Crippen LogP contribution is 2.26. The van der Waals surface area contributed by atoms with Crippen LogP contribution in [0.5, 0.6) is 5.75 Å². The third-order valence-electron chi connectivity index (χ3n) is 4.13. The number of methoxy groups -OCH3 is 1. The smallest absolute Gasteiger partial charge is 0.240 e. The molecule has 5 nitrogen and oxygen atoms in total. The van der Waals surface area contributed by atoms with Gasteiger partial charge >= 0.3 is 0 Å². The van der Waals surface area contributed by atoms with E-state index in [9.17, 15) is 13.5 Å². The molecular formula is C15H23NO4S. The summed E-state index contributed by atoms with van der Waals surface area (Å²) in [4.78, 5) is 0.239. The van der Waals surface area contributed by atoms with Crippen LogP contribution < -0.4 is 9.46 Å². The lowest BCUT2D eigenvalue weighted by Gasteiger charge is -2.30. The Morgan fingerprint density at radius 3 is 2.67 bits per heavy atom. The maximum atomic E-state index is 12.5. The standard InChI is InChI=1S/C15H23NO4S/c1-11-9-13(7-8-15(11)20-2)21(18,19)16-14-6-4-3-5-12(14)10-17/h7-9,12,14,16-17H,3-6,10H2,1-2H3. The van der Waals surface area contributed by atoms with Gasteiger partial charge in [0.15, 0.2) is 0 Å². The summed E-state index contributed by atoms with van der Waals surface area (Å²) < 4.78 is 32.9. The summed E-state index contributed by atoms with van der Waals surface area (Å²) in [7, 11) is -2.01. The molecule has 0 aliphatic heterocycles. The molecule has 0 heterocycles. The first kappa shape index (κ1) is 16.3. The highest BCUT2D eigenvalue weighted by Gasteiger charge is 2.29. The van der Waals surface area contributed by atoms with E-state index >= 15 is 0 Å². The molecular weight excluding hydrogens is 290 g/mol. The first-order valence-corrected chi connectivity index (χ1v) is 8.74. The lowest BCUT2D eigenvalue weighted by Crippen LogP contribution is -2.43. The van der Waals surface area contributed by atoms with Crippen molar-refractivity contribution in [1.82, 2.24) is 4.72 Å². The summed E-state index contributed by atoms with van der Waals surface area (Å²) in [5.74, 6) is 0.674. The molecule has 1 aromatic rings. The zero-order valence-corrected chi connectivity index (χ0v) is 13.3. The van der Waals surface area contributed by atoms with E-state index in [1.165, 1.54) is 0 Å². The number of benzene rings is 1. The molecule has 0 aromatic heterocycles. The first-order valence-electron chi connectivity index (χ1n) is 7.25. The molecule has 21 heavy (non-hydrogen) atoms. The Morgan fingerprint density at radius 2 is 2.05 bits per heavy atom. The summed E-state index contributed by atoms with van der Waals surface area (Å²) in [6.45, 7) is 1.84. The van der Waals surface area contributed by atoms with Crippen molar-refractivity contribution in [2.45, 2.75) is 43.5 Å². The fraction of sp³-hybridized carbons (Fsp3) is 0.600. The van der Waals surface area contributed by atoms with E-state index in [4.69, 9.17) is 4.74 Å². The zero-order valence-electron chi connectivity index (χ0n) is 12.5. The van der Waals surface area contributed by atoms with Crippen LogP contribution in [0.1, 0.15) is 31.2 Å². The predicted octanol–water partition coefficient (Wildman–Crippen LogP) is 1.83. The van der Waals surface area contributed by atoms with Gasteiger partial charge in [-0.05, 0) is 49.4 Å². The summed E-state index contributed by atoms with van der Waals surface area (Å²) >= 11 is 0. The molecule has 2 atom stereocenters. The Balaban J connectivity index is 2.19. The van der Waals surface area contributed by atoms with Crippen molar-refractivity contribution in [3.05, 3.63) is 23.8 Å². The summed E-state index contributed by atoms with van der Waals surface area (Å²) in [5.41, 5.74) is 0.780. The Labute approximate surface area is 126 Å². The van der Waals surface area contributed by atoms with Gasteiger partial charge in [-0.15, -0.1) is 0 Å². The van der Waals surface area contributed by atoms with Crippen molar-refractivity contribution in [2.24, 2.45) is 5.92 Å². The number of aliphatic hydroxyl groups is 1. The van der Waals surface area contributed by atoms with E-state index in [1.54, 1.807) is 25.3 Å². The molecule has 1 fully saturated rings. The molecule has 1 aromatic carbocycles. The largest absolute Gasteiger partial charge is 0.496 e. The minimum absolute atomic E-state index is 0.00729. The van der Waals surface area contributed by atoms with Crippen LogP contribution in [-0.4, -0.2) is 33.3 Å². The number of hydrogen-bond acceptors (Lipinski definition) is 4. The highest BCUT2D eigenvalue weighted by atomic mass is 32.2. The Bertz CT molecular complexity index is 585. The first-order chi connectivity index (χ1) is 9.97. The second-order valence-electron chi connectivity index (χ2n) is 5.59. The van der Waals surface area contributed by atoms with Gasteiger partial charge in [0.25, 0.3) is 0 Å². The maximum absolute atomic E-state index is 12.5. The van der Waals surface area contributed by atoms with Gasteiger partial charge in [-0.1, -0.05) is 12.8 Å². The third kappa shape index (κ3) is 3.75. The predicted molar refractivity (Wildman–Crippen MR) is 80.9 cm³/mol. The molecule has 2 N–H and O–H groups in total. The van der Waals surface area contributed by atoms with E-state index in [0.717, 1.165) is 31.2 Å². The van der Waals surface area contributed by atoms with Gasteiger partial charge in [0.1, 0.15) is 5.75 Å². The molecule has 0 spiro atoms. The van der Waals surface area contributed by atoms with Crippen molar-refractivity contribution >= 4 is 10.0 Å². The SMILES string of the molecule is COc1ccc(S(=O)(=O)NC2CCCCC2CO)cc1C. The molecule has 0 saturated heterocycles. The number of nitrogens with one attached hydrogen (secondary N) is 1. The second-order valence-corrected chi connectivity index (χ2v) is 7.30. The van der Waals surface area contributed by atoms with Gasteiger partial charge in [-0.3, -0.25) is 0 Å². The average molecular weight is 313 g/mol. The maximum Gasteiger partial charge on any atom is 0.240 e.